The van der Waals surface area contributed by atoms with Crippen LogP contribution in [0.2, 0.25) is 5.02 Å². The molecule has 3 N–H and O–H groups in total. The number of carbonyl (C=O) groups excluding carboxylic acids is 1. The summed E-state index contributed by atoms with van der Waals surface area (Å²) in [6.45, 7) is 5.67. The fraction of sp³-hybridized carbons (Fsp3) is 0.364. The van der Waals surface area contributed by atoms with Crippen molar-refractivity contribution in [2.75, 3.05) is 5.32 Å². The lowest BCUT2D eigenvalue weighted by Gasteiger charge is -2.20. The van der Waals surface area contributed by atoms with E-state index in [1.165, 1.54) is 6.07 Å². The van der Waals surface area contributed by atoms with E-state index in [9.17, 15) is 9.90 Å². The molecule has 1 aromatic carbocycles. The number of phenols is 1. The van der Waals surface area contributed by atoms with Crippen molar-refractivity contribution in [3.05, 3.63) is 20.7 Å². The summed E-state index contributed by atoms with van der Waals surface area (Å²) in [7, 11) is 0. The SMILES string of the molecule is CC(C)(C)NC(=O)Nc1cc(Cl)c(O)c(I)c1. The molecule has 94 valence electrons. The van der Waals surface area contributed by atoms with Gasteiger partial charge < -0.3 is 15.7 Å². The van der Waals surface area contributed by atoms with Gasteiger partial charge in [0.25, 0.3) is 0 Å². The first-order chi connectivity index (χ1) is 7.69. The van der Waals surface area contributed by atoms with E-state index in [2.05, 4.69) is 10.6 Å². The van der Waals surface area contributed by atoms with Crippen LogP contribution in [0.25, 0.3) is 0 Å². The van der Waals surface area contributed by atoms with Crippen LogP contribution in [0.4, 0.5) is 10.5 Å². The second kappa shape index (κ2) is 5.30. The number of urea groups is 1. The molecule has 0 bridgehead atoms. The number of aromatic hydroxyl groups is 1. The fourth-order valence-corrected chi connectivity index (χ4v) is 2.15. The maximum atomic E-state index is 11.6. The Bertz CT molecular complexity index is 421. The molecule has 0 saturated heterocycles. The Kier molecular flexibility index (Phi) is 4.48. The van der Waals surface area contributed by atoms with E-state index in [0.717, 1.165) is 0 Å². The Hall–Kier alpha value is -0.690. The van der Waals surface area contributed by atoms with E-state index in [1.807, 2.05) is 43.4 Å². The molecule has 0 atom stereocenters. The molecule has 0 heterocycles. The highest BCUT2D eigenvalue weighted by Gasteiger charge is 2.14. The quantitative estimate of drug-likeness (QED) is 0.524. The number of hydrogen-bond acceptors (Lipinski definition) is 2. The first kappa shape index (κ1) is 14.4. The number of rotatable bonds is 1. The molecule has 0 aliphatic carbocycles. The summed E-state index contributed by atoms with van der Waals surface area (Å²) in [5.41, 5.74) is 0.233. The lowest BCUT2D eigenvalue weighted by Crippen LogP contribution is -2.43. The molecule has 4 nitrogen and oxygen atoms in total. The third kappa shape index (κ3) is 4.59. The van der Waals surface area contributed by atoms with E-state index >= 15 is 0 Å². The van der Waals surface area contributed by atoms with Gasteiger partial charge in [-0.1, -0.05) is 11.6 Å². The van der Waals surface area contributed by atoms with Gasteiger partial charge in [0.05, 0.1) is 8.59 Å². The first-order valence-corrected chi connectivity index (χ1v) is 6.42. The Morgan fingerprint density at radius 1 is 1.41 bits per heavy atom. The molecule has 0 fully saturated rings. The molecule has 1 rings (SSSR count). The Balaban J connectivity index is 2.79. The topological polar surface area (TPSA) is 61.4 Å². The predicted octanol–water partition coefficient (Wildman–Crippen LogP) is 3.57. The van der Waals surface area contributed by atoms with Gasteiger partial charge in [-0.2, -0.15) is 0 Å². The van der Waals surface area contributed by atoms with Crippen LogP contribution in [0.15, 0.2) is 12.1 Å². The number of phenolic OH excluding ortho intramolecular Hbond substituents is 1. The highest BCUT2D eigenvalue weighted by Crippen LogP contribution is 2.32. The zero-order valence-electron chi connectivity index (χ0n) is 9.77. The van der Waals surface area contributed by atoms with Crippen LogP contribution in [0.3, 0.4) is 0 Å². The monoisotopic (exact) mass is 368 g/mol. The smallest absolute Gasteiger partial charge is 0.319 e. The number of halogens is 2. The molecule has 17 heavy (non-hydrogen) atoms. The summed E-state index contributed by atoms with van der Waals surface area (Å²) in [5.74, 6) is 0.0223. The van der Waals surface area contributed by atoms with Gasteiger partial charge in [0, 0.05) is 11.2 Å². The van der Waals surface area contributed by atoms with E-state index in [4.69, 9.17) is 11.6 Å². The number of nitrogens with one attached hydrogen (secondary N) is 2. The van der Waals surface area contributed by atoms with Gasteiger partial charge in [0.1, 0.15) is 5.75 Å². The van der Waals surface area contributed by atoms with Crippen molar-refractivity contribution in [2.45, 2.75) is 26.3 Å². The van der Waals surface area contributed by atoms with Crippen LogP contribution < -0.4 is 10.6 Å². The zero-order chi connectivity index (χ0) is 13.2. The number of hydrogen-bond donors (Lipinski definition) is 3. The largest absolute Gasteiger partial charge is 0.505 e. The minimum atomic E-state index is -0.310. The van der Waals surface area contributed by atoms with Gasteiger partial charge in [-0.15, -0.1) is 0 Å². The van der Waals surface area contributed by atoms with Crippen molar-refractivity contribution in [3.8, 4) is 5.75 Å². The lowest BCUT2D eigenvalue weighted by molar-refractivity contribution is 0.244. The molecule has 0 aliphatic rings. The van der Waals surface area contributed by atoms with Crippen LogP contribution >= 0.6 is 34.2 Å². The summed E-state index contributed by atoms with van der Waals surface area (Å²) >= 11 is 7.75. The molecule has 1 aromatic rings. The van der Waals surface area contributed by atoms with Gasteiger partial charge in [-0.05, 0) is 55.5 Å². The third-order valence-corrected chi connectivity index (χ3v) is 2.87. The van der Waals surface area contributed by atoms with E-state index < -0.39 is 0 Å². The molecule has 0 aromatic heterocycles. The maximum Gasteiger partial charge on any atom is 0.319 e. The zero-order valence-corrected chi connectivity index (χ0v) is 12.7. The van der Waals surface area contributed by atoms with E-state index in [0.29, 0.717) is 9.26 Å². The summed E-state index contributed by atoms with van der Waals surface area (Å²) in [6, 6.07) is 2.83. The minimum Gasteiger partial charge on any atom is -0.505 e. The Labute approximate surface area is 119 Å². The molecule has 0 aliphatic heterocycles. The highest BCUT2D eigenvalue weighted by atomic mass is 127. The van der Waals surface area contributed by atoms with Gasteiger partial charge >= 0.3 is 6.03 Å². The molecule has 6 heteroatoms. The van der Waals surface area contributed by atoms with Crippen molar-refractivity contribution in [1.29, 1.82) is 0 Å². The molecular formula is C11H14ClIN2O2. The Morgan fingerprint density at radius 3 is 2.47 bits per heavy atom. The summed E-state index contributed by atoms with van der Waals surface area (Å²) in [4.78, 5) is 11.6. The molecule has 0 unspecified atom stereocenters. The Morgan fingerprint density at radius 2 is 2.00 bits per heavy atom. The van der Waals surface area contributed by atoms with E-state index in [1.54, 1.807) is 6.07 Å². The minimum absolute atomic E-state index is 0.0223. The molecule has 0 saturated carbocycles. The van der Waals surface area contributed by atoms with Crippen molar-refractivity contribution in [2.24, 2.45) is 0 Å². The number of anilines is 1. The van der Waals surface area contributed by atoms with Crippen molar-refractivity contribution in [1.82, 2.24) is 5.32 Å². The van der Waals surface area contributed by atoms with Crippen molar-refractivity contribution in [3.63, 3.8) is 0 Å². The number of amides is 2. The number of benzene rings is 1. The standard InChI is InChI=1S/C11H14ClIN2O2/c1-11(2,3)15-10(17)14-6-4-7(12)9(16)8(13)5-6/h4-5,16H,1-3H3,(H2,14,15,17). The second-order valence-electron chi connectivity index (χ2n) is 4.62. The summed E-state index contributed by atoms with van der Waals surface area (Å²) < 4.78 is 0.584. The molecule has 0 radical (unpaired) electrons. The van der Waals surface area contributed by atoms with Crippen LogP contribution in [-0.4, -0.2) is 16.7 Å². The summed E-state index contributed by atoms with van der Waals surface area (Å²) in [6.07, 6.45) is 0. The average Bonchev–Trinajstić information content (AvgIpc) is 2.10. The summed E-state index contributed by atoms with van der Waals surface area (Å²) in [5, 5.41) is 15.1. The van der Waals surface area contributed by atoms with Crippen molar-refractivity contribution >= 4 is 45.9 Å². The molecule has 2 amide bonds. The van der Waals surface area contributed by atoms with Crippen LogP contribution in [0.1, 0.15) is 20.8 Å². The average molecular weight is 369 g/mol. The van der Waals surface area contributed by atoms with Gasteiger partial charge in [-0.3, -0.25) is 0 Å². The van der Waals surface area contributed by atoms with Crippen molar-refractivity contribution < 1.29 is 9.90 Å². The van der Waals surface area contributed by atoms with Crippen LogP contribution in [-0.2, 0) is 0 Å². The fourth-order valence-electron chi connectivity index (χ4n) is 1.14. The van der Waals surface area contributed by atoms with E-state index in [-0.39, 0.29) is 22.3 Å². The molecule has 0 spiro atoms. The normalized spacial score (nSPS) is 11.1. The molecular weight excluding hydrogens is 354 g/mol. The highest BCUT2D eigenvalue weighted by molar-refractivity contribution is 14.1. The number of carbonyl (C=O) groups is 1. The first-order valence-electron chi connectivity index (χ1n) is 4.96. The van der Waals surface area contributed by atoms with Gasteiger partial charge in [0.2, 0.25) is 0 Å². The second-order valence-corrected chi connectivity index (χ2v) is 6.19. The maximum absolute atomic E-state index is 11.6. The lowest BCUT2D eigenvalue weighted by atomic mass is 10.1. The van der Waals surface area contributed by atoms with Crippen LogP contribution in [0, 0.1) is 3.57 Å². The van der Waals surface area contributed by atoms with Crippen LogP contribution in [0.5, 0.6) is 5.75 Å². The third-order valence-electron chi connectivity index (χ3n) is 1.76. The van der Waals surface area contributed by atoms with Gasteiger partial charge in [0.15, 0.2) is 0 Å². The van der Waals surface area contributed by atoms with Gasteiger partial charge in [-0.25, -0.2) is 4.79 Å². The predicted molar refractivity (Wildman–Crippen MR) is 77.7 cm³/mol.